The molecule has 144 valence electrons. The van der Waals surface area contributed by atoms with Gasteiger partial charge in [-0.25, -0.2) is 13.6 Å². The van der Waals surface area contributed by atoms with E-state index >= 15 is 0 Å². The molecular formula is C20H18ClN3O3S. The van der Waals surface area contributed by atoms with Gasteiger partial charge in [-0.05, 0) is 42.7 Å². The second-order valence-electron chi connectivity index (χ2n) is 6.94. The summed E-state index contributed by atoms with van der Waals surface area (Å²) in [5.74, 6) is 0.0723. The first-order valence-corrected chi connectivity index (χ1v) is 10.7. The van der Waals surface area contributed by atoms with Crippen LogP contribution in [0.25, 0.3) is 10.8 Å². The number of nitrogens with two attached hydrogens (primary N) is 1. The molecule has 2 aromatic carbocycles. The zero-order chi connectivity index (χ0) is 19.9. The summed E-state index contributed by atoms with van der Waals surface area (Å²) in [4.78, 5) is 16.8. The Morgan fingerprint density at radius 2 is 1.96 bits per heavy atom. The van der Waals surface area contributed by atoms with Gasteiger partial charge in [0.15, 0.2) is 0 Å². The van der Waals surface area contributed by atoms with Gasteiger partial charge in [-0.15, -0.1) is 0 Å². The zero-order valence-electron chi connectivity index (χ0n) is 14.9. The van der Waals surface area contributed by atoms with Crippen molar-refractivity contribution in [2.75, 3.05) is 5.32 Å². The topological polar surface area (TPSA) is 102 Å². The summed E-state index contributed by atoms with van der Waals surface area (Å²) in [5, 5.41) is 9.77. The van der Waals surface area contributed by atoms with Crippen molar-refractivity contribution in [1.29, 1.82) is 0 Å². The molecule has 0 bridgehead atoms. The number of amides is 1. The molecule has 1 heterocycles. The lowest BCUT2D eigenvalue weighted by atomic mass is 10.1. The third kappa shape index (κ3) is 4.01. The fraction of sp³-hybridized carbons (Fsp3) is 0.200. The van der Waals surface area contributed by atoms with E-state index in [0.29, 0.717) is 33.0 Å². The maximum Gasteiger partial charge on any atom is 0.238 e. The molecule has 0 aliphatic heterocycles. The second kappa shape index (κ2) is 7.16. The molecule has 1 saturated carbocycles. The van der Waals surface area contributed by atoms with Gasteiger partial charge in [-0.1, -0.05) is 29.8 Å². The van der Waals surface area contributed by atoms with Crippen LogP contribution in [-0.4, -0.2) is 19.3 Å². The number of hydrogen-bond acceptors (Lipinski definition) is 4. The van der Waals surface area contributed by atoms with Crippen molar-refractivity contribution in [3.63, 3.8) is 0 Å². The fourth-order valence-electron chi connectivity index (χ4n) is 3.17. The van der Waals surface area contributed by atoms with Gasteiger partial charge in [-0.3, -0.25) is 9.78 Å². The van der Waals surface area contributed by atoms with Crippen molar-refractivity contribution >= 4 is 44.0 Å². The molecule has 1 aliphatic carbocycles. The fourth-order valence-corrected chi connectivity index (χ4v) is 4.15. The molecule has 0 atom stereocenters. The molecule has 4 rings (SSSR count). The minimum Gasteiger partial charge on any atom is -0.326 e. The first-order valence-electron chi connectivity index (χ1n) is 8.81. The van der Waals surface area contributed by atoms with E-state index in [9.17, 15) is 13.2 Å². The summed E-state index contributed by atoms with van der Waals surface area (Å²) in [5.41, 5.74) is 1.90. The highest BCUT2D eigenvalue weighted by atomic mass is 35.5. The van der Waals surface area contributed by atoms with Crippen LogP contribution in [-0.2, 0) is 21.2 Å². The van der Waals surface area contributed by atoms with E-state index < -0.39 is 10.0 Å². The Bertz CT molecular complexity index is 1190. The number of carbonyl (C=O) groups excluding carboxylic acids is 1. The largest absolute Gasteiger partial charge is 0.326 e. The van der Waals surface area contributed by atoms with E-state index in [-0.39, 0.29) is 17.2 Å². The number of rotatable bonds is 5. The quantitative estimate of drug-likeness (QED) is 0.664. The van der Waals surface area contributed by atoms with E-state index in [1.807, 2.05) is 0 Å². The molecule has 3 N–H and O–H groups in total. The highest BCUT2D eigenvalue weighted by Gasteiger charge is 2.26. The van der Waals surface area contributed by atoms with Crippen LogP contribution < -0.4 is 10.5 Å². The van der Waals surface area contributed by atoms with Gasteiger partial charge in [-0.2, -0.15) is 0 Å². The lowest BCUT2D eigenvalue weighted by molar-refractivity contribution is -0.115. The molecule has 3 aromatic rings. The molecule has 0 saturated heterocycles. The van der Waals surface area contributed by atoms with Crippen LogP contribution in [0.1, 0.15) is 30.0 Å². The van der Waals surface area contributed by atoms with Crippen LogP contribution in [0.2, 0.25) is 5.02 Å². The van der Waals surface area contributed by atoms with Gasteiger partial charge in [0.25, 0.3) is 0 Å². The number of primary sulfonamides is 1. The van der Waals surface area contributed by atoms with Crippen molar-refractivity contribution in [3.8, 4) is 0 Å². The first-order chi connectivity index (χ1) is 13.3. The van der Waals surface area contributed by atoms with Gasteiger partial charge in [0.2, 0.25) is 15.9 Å². The Hall–Kier alpha value is -2.48. The van der Waals surface area contributed by atoms with Crippen molar-refractivity contribution in [2.45, 2.75) is 30.1 Å². The monoisotopic (exact) mass is 415 g/mol. The van der Waals surface area contributed by atoms with E-state index in [1.165, 1.54) is 6.07 Å². The summed E-state index contributed by atoms with van der Waals surface area (Å²) in [6.45, 7) is 0. The number of sulfonamides is 1. The Labute approximate surface area is 167 Å². The van der Waals surface area contributed by atoms with Crippen molar-refractivity contribution in [3.05, 3.63) is 64.9 Å². The number of nitrogens with zero attached hydrogens (tertiary/aromatic N) is 1. The Balaban J connectivity index is 1.68. The maximum atomic E-state index is 12.4. The molecule has 0 radical (unpaired) electrons. The standard InChI is InChI=1S/C20H18ClN3O3S/c21-17-4-2-1-3-13(17)8-20(25)24-15-7-14-11-23-18(12-5-6-12)10-16(14)19(9-15)28(22,26)27/h1-4,7,9-12H,5-6,8H2,(H,24,25)(H2,22,26,27). The number of nitrogens with one attached hydrogen (secondary N) is 1. The normalized spacial score (nSPS) is 14.2. The van der Waals surface area contributed by atoms with E-state index in [2.05, 4.69) is 10.3 Å². The van der Waals surface area contributed by atoms with Crippen molar-refractivity contribution < 1.29 is 13.2 Å². The minimum absolute atomic E-state index is 0.0256. The number of carbonyl (C=O) groups is 1. The second-order valence-corrected chi connectivity index (χ2v) is 8.88. The molecule has 1 fully saturated rings. The average molecular weight is 416 g/mol. The summed E-state index contributed by atoms with van der Waals surface area (Å²) in [6.07, 6.45) is 3.81. The third-order valence-corrected chi connectivity index (χ3v) is 6.03. The SMILES string of the molecule is NS(=O)(=O)c1cc(NC(=O)Cc2ccccc2Cl)cc2cnc(C3CC3)cc12. The predicted molar refractivity (Wildman–Crippen MR) is 109 cm³/mol. The zero-order valence-corrected chi connectivity index (χ0v) is 16.4. The summed E-state index contributed by atoms with van der Waals surface area (Å²) in [7, 11) is -3.98. The Morgan fingerprint density at radius 1 is 1.21 bits per heavy atom. The van der Waals surface area contributed by atoms with Crippen LogP contribution in [0.15, 0.2) is 53.6 Å². The maximum absolute atomic E-state index is 12.4. The lowest BCUT2D eigenvalue weighted by Gasteiger charge is -2.12. The number of anilines is 1. The Kier molecular flexibility index (Phi) is 4.82. The van der Waals surface area contributed by atoms with Crippen molar-refractivity contribution in [1.82, 2.24) is 4.98 Å². The summed E-state index contributed by atoms with van der Waals surface area (Å²) < 4.78 is 24.3. The smallest absolute Gasteiger partial charge is 0.238 e. The number of pyridine rings is 1. The number of hydrogen-bond donors (Lipinski definition) is 2. The minimum atomic E-state index is -3.98. The molecule has 0 unspecified atom stereocenters. The highest BCUT2D eigenvalue weighted by Crippen LogP contribution is 2.40. The molecular weight excluding hydrogens is 398 g/mol. The molecule has 1 aliphatic rings. The van der Waals surface area contributed by atoms with Gasteiger partial charge in [0.1, 0.15) is 0 Å². The number of fused-ring (bicyclic) bond motifs is 1. The predicted octanol–water partition coefficient (Wildman–Crippen LogP) is 3.59. The van der Waals surface area contributed by atoms with Crippen LogP contribution >= 0.6 is 11.6 Å². The molecule has 28 heavy (non-hydrogen) atoms. The molecule has 1 amide bonds. The number of benzene rings is 2. The van der Waals surface area contributed by atoms with Crippen LogP contribution in [0.5, 0.6) is 0 Å². The highest BCUT2D eigenvalue weighted by molar-refractivity contribution is 7.89. The van der Waals surface area contributed by atoms with Crippen LogP contribution in [0.4, 0.5) is 5.69 Å². The Morgan fingerprint density at radius 3 is 2.64 bits per heavy atom. The van der Waals surface area contributed by atoms with Crippen LogP contribution in [0.3, 0.4) is 0 Å². The summed E-state index contributed by atoms with van der Waals surface area (Å²) >= 11 is 6.10. The molecule has 8 heteroatoms. The average Bonchev–Trinajstić information content (AvgIpc) is 3.47. The molecule has 0 spiro atoms. The van der Waals surface area contributed by atoms with Crippen LogP contribution in [0, 0.1) is 0 Å². The van der Waals surface area contributed by atoms with E-state index in [4.69, 9.17) is 16.7 Å². The van der Waals surface area contributed by atoms with Gasteiger partial charge >= 0.3 is 0 Å². The first kappa shape index (κ1) is 18.9. The number of halogens is 1. The van der Waals surface area contributed by atoms with Crippen molar-refractivity contribution in [2.24, 2.45) is 5.14 Å². The summed E-state index contributed by atoms with van der Waals surface area (Å²) in [6, 6.07) is 11.9. The van der Waals surface area contributed by atoms with E-state index in [1.54, 1.807) is 42.6 Å². The van der Waals surface area contributed by atoms with Gasteiger partial charge < -0.3 is 5.32 Å². The number of aromatic nitrogens is 1. The lowest BCUT2D eigenvalue weighted by Crippen LogP contribution is -2.17. The molecule has 1 aromatic heterocycles. The van der Waals surface area contributed by atoms with Gasteiger partial charge in [0.05, 0.1) is 11.3 Å². The molecule has 6 nitrogen and oxygen atoms in total. The van der Waals surface area contributed by atoms with Gasteiger partial charge in [0, 0.05) is 39.3 Å². The third-order valence-electron chi connectivity index (χ3n) is 4.71. The van der Waals surface area contributed by atoms with E-state index in [0.717, 1.165) is 18.5 Å².